The van der Waals surface area contributed by atoms with Crippen LogP contribution in [0.2, 0.25) is 0 Å². The normalized spacial score (nSPS) is 14.6. The summed E-state index contributed by atoms with van der Waals surface area (Å²) in [5.74, 6) is -0.107. The van der Waals surface area contributed by atoms with Gasteiger partial charge in [0, 0.05) is 20.0 Å². The molecule has 1 fully saturated rings. The van der Waals surface area contributed by atoms with Crippen molar-refractivity contribution in [2.75, 3.05) is 32.9 Å². The number of carbonyl (C=O) groups excluding carboxylic acids is 2. The van der Waals surface area contributed by atoms with Gasteiger partial charge in [0.15, 0.2) is 11.5 Å². The molecule has 1 aliphatic heterocycles. The molecule has 1 heterocycles. The number of carbonyl (C=O) groups is 2. The van der Waals surface area contributed by atoms with E-state index in [1.54, 1.807) is 23.1 Å². The van der Waals surface area contributed by atoms with Crippen molar-refractivity contribution < 1.29 is 23.8 Å². The standard InChI is InChI=1S/C18H20N2O5/c1-3-24-17-11-14(4-5-16(17)25-13(2)21)10-15(12-19)18(22)20-6-8-23-9-7-20/h4-5,10-11H,3,6-9H2,1-2H3/b15-10+. The Morgan fingerprint density at radius 3 is 2.64 bits per heavy atom. The van der Waals surface area contributed by atoms with E-state index in [9.17, 15) is 14.9 Å². The molecular weight excluding hydrogens is 324 g/mol. The number of nitrogens with zero attached hydrogens (tertiary/aromatic N) is 2. The third-order valence-corrected chi connectivity index (χ3v) is 3.48. The quantitative estimate of drug-likeness (QED) is 0.350. The lowest BCUT2D eigenvalue weighted by Crippen LogP contribution is -2.41. The van der Waals surface area contributed by atoms with Gasteiger partial charge in [0.2, 0.25) is 0 Å². The Morgan fingerprint density at radius 2 is 2.04 bits per heavy atom. The molecule has 0 bridgehead atoms. The van der Waals surface area contributed by atoms with Crippen LogP contribution in [0.15, 0.2) is 23.8 Å². The zero-order valence-corrected chi connectivity index (χ0v) is 14.3. The van der Waals surface area contributed by atoms with Crippen LogP contribution in [0.3, 0.4) is 0 Å². The molecule has 0 aliphatic carbocycles. The summed E-state index contributed by atoms with van der Waals surface area (Å²) in [7, 11) is 0. The molecule has 2 rings (SSSR count). The minimum absolute atomic E-state index is 0.0320. The SMILES string of the molecule is CCOc1cc(/C=C(\C#N)C(=O)N2CCOCC2)ccc1OC(C)=O. The first-order valence-corrected chi connectivity index (χ1v) is 7.99. The maximum absolute atomic E-state index is 12.4. The van der Waals surface area contributed by atoms with E-state index >= 15 is 0 Å². The van der Waals surface area contributed by atoms with Gasteiger partial charge >= 0.3 is 5.97 Å². The fraction of sp³-hybridized carbons (Fsp3) is 0.389. The van der Waals surface area contributed by atoms with E-state index in [-0.39, 0.29) is 11.5 Å². The molecule has 1 aromatic carbocycles. The van der Waals surface area contributed by atoms with E-state index in [2.05, 4.69) is 0 Å². The van der Waals surface area contributed by atoms with Gasteiger partial charge in [-0.1, -0.05) is 6.07 Å². The molecule has 0 radical (unpaired) electrons. The third-order valence-electron chi connectivity index (χ3n) is 3.48. The van der Waals surface area contributed by atoms with E-state index in [0.717, 1.165) is 0 Å². The van der Waals surface area contributed by atoms with Crippen molar-refractivity contribution in [1.82, 2.24) is 4.90 Å². The highest BCUT2D eigenvalue weighted by atomic mass is 16.6. The molecule has 7 nitrogen and oxygen atoms in total. The summed E-state index contributed by atoms with van der Waals surface area (Å²) < 4.78 is 15.8. The topological polar surface area (TPSA) is 88.9 Å². The van der Waals surface area contributed by atoms with Gasteiger partial charge in [-0.3, -0.25) is 9.59 Å². The Balaban J connectivity index is 2.27. The van der Waals surface area contributed by atoms with Crippen LogP contribution in [0.25, 0.3) is 6.08 Å². The molecule has 0 N–H and O–H groups in total. The van der Waals surface area contributed by atoms with Crippen molar-refractivity contribution in [2.24, 2.45) is 0 Å². The van der Waals surface area contributed by atoms with Crippen LogP contribution in [-0.2, 0) is 14.3 Å². The van der Waals surface area contributed by atoms with Crippen molar-refractivity contribution in [3.8, 4) is 17.6 Å². The Kier molecular flexibility index (Phi) is 6.54. The highest BCUT2D eigenvalue weighted by Gasteiger charge is 2.20. The van der Waals surface area contributed by atoms with E-state index in [1.165, 1.54) is 13.0 Å². The minimum Gasteiger partial charge on any atom is -0.490 e. The lowest BCUT2D eigenvalue weighted by Gasteiger charge is -2.26. The first-order chi connectivity index (χ1) is 12.0. The summed E-state index contributed by atoms with van der Waals surface area (Å²) in [6, 6.07) is 6.81. The third kappa shape index (κ3) is 5.06. The van der Waals surface area contributed by atoms with Crippen LogP contribution in [0.5, 0.6) is 11.5 Å². The van der Waals surface area contributed by atoms with Gasteiger partial charge < -0.3 is 19.1 Å². The zero-order valence-electron chi connectivity index (χ0n) is 14.3. The number of hydrogen-bond donors (Lipinski definition) is 0. The Hall–Kier alpha value is -2.85. The lowest BCUT2D eigenvalue weighted by molar-refractivity contribution is -0.132. The van der Waals surface area contributed by atoms with Gasteiger partial charge in [-0.15, -0.1) is 0 Å². The summed E-state index contributed by atoms with van der Waals surface area (Å²) in [5, 5.41) is 9.34. The number of benzene rings is 1. The van der Waals surface area contributed by atoms with Gasteiger partial charge in [-0.25, -0.2) is 0 Å². The molecular formula is C18H20N2O5. The monoisotopic (exact) mass is 344 g/mol. The summed E-state index contributed by atoms with van der Waals surface area (Å²) in [4.78, 5) is 25.2. The highest BCUT2D eigenvalue weighted by Crippen LogP contribution is 2.29. The lowest BCUT2D eigenvalue weighted by atomic mass is 10.1. The summed E-state index contributed by atoms with van der Waals surface area (Å²) >= 11 is 0. The second-order valence-corrected chi connectivity index (χ2v) is 5.31. The van der Waals surface area contributed by atoms with Gasteiger partial charge in [0.25, 0.3) is 5.91 Å². The van der Waals surface area contributed by atoms with Crippen molar-refractivity contribution >= 4 is 18.0 Å². The number of morpholine rings is 1. The zero-order chi connectivity index (χ0) is 18.2. The number of esters is 1. The molecule has 132 valence electrons. The molecule has 0 aromatic heterocycles. The average molecular weight is 344 g/mol. The predicted molar refractivity (Wildman–Crippen MR) is 89.9 cm³/mol. The number of ether oxygens (including phenoxy) is 3. The van der Waals surface area contributed by atoms with E-state index in [1.807, 2.05) is 13.0 Å². The van der Waals surface area contributed by atoms with Crippen molar-refractivity contribution in [3.05, 3.63) is 29.3 Å². The molecule has 1 amide bonds. The van der Waals surface area contributed by atoms with Crippen LogP contribution in [0.1, 0.15) is 19.4 Å². The van der Waals surface area contributed by atoms with Gasteiger partial charge in [-0.05, 0) is 30.7 Å². The summed E-state index contributed by atoms with van der Waals surface area (Å²) in [5.41, 5.74) is 0.641. The molecule has 25 heavy (non-hydrogen) atoms. The van der Waals surface area contributed by atoms with Crippen molar-refractivity contribution in [2.45, 2.75) is 13.8 Å². The number of hydrogen-bond acceptors (Lipinski definition) is 6. The van der Waals surface area contributed by atoms with Crippen LogP contribution in [-0.4, -0.2) is 49.7 Å². The second-order valence-electron chi connectivity index (χ2n) is 5.31. The van der Waals surface area contributed by atoms with Gasteiger partial charge in [0.05, 0.1) is 19.8 Å². The van der Waals surface area contributed by atoms with Crippen LogP contribution >= 0.6 is 0 Å². The Bertz CT molecular complexity index is 715. The molecule has 0 atom stereocenters. The number of rotatable bonds is 5. The fourth-order valence-electron chi connectivity index (χ4n) is 2.37. The van der Waals surface area contributed by atoms with E-state index in [4.69, 9.17) is 14.2 Å². The maximum atomic E-state index is 12.4. The van der Waals surface area contributed by atoms with Crippen LogP contribution in [0.4, 0.5) is 0 Å². The van der Waals surface area contributed by atoms with Crippen molar-refractivity contribution in [1.29, 1.82) is 5.26 Å². The predicted octanol–water partition coefficient (Wildman–Crippen LogP) is 1.78. The molecule has 1 aliphatic rings. The summed E-state index contributed by atoms with van der Waals surface area (Å²) in [6.07, 6.45) is 1.50. The molecule has 0 spiro atoms. The number of amides is 1. The first kappa shape index (κ1) is 18.5. The molecule has 0 saturated carbocycles. The molecule has 1 aromatic rings. The van der Waals surface area contributed by atoms with Gasteiger partial charge in [-0.2, -0.15) is 5.26 Å². The highest BCUT2D eigenvalue weighted by molar-refractivity contribution is 6.01. The first-order valence-electron chi connectivity index (χ1n) is 7.99. The largest absolute Gasteiger partial charge is 0.490 e. The molecule has 7 heteroatoms. The maximum Gasteiger partial charge on any atom is 0.308 e. The minimum atomic E-state index is -0.454. The van der Waals surface area contributed by atoms with Crippen molar-refractivity contribution in [3.63, 3.8) is 0 Å². The fourth-order valence-corrected chi connectivity index (χ4v) is 2.37. The second kappa shape index (κ2) is 8.85. The molecule has 0 unspecified atom stereocenters. The van der Waals surface area contributed by atoms with Gasteiger partial charge in [0.1, 0.15) is 11.6 Å². The van der Waals surface area contributed by atoms with E-state index < -0.39 is 5.97 Å². The molecule has 1 saturated heterocycles. The Morgan fingerprint density at radius 1 is 1.32 bits per heavy atom. The summed E-state index contributed by atoms with van der Waals surface area (Å²) in [6.45, 7) is 5.37. The number of nitriles is 1. The van der Waals surface area contributed by atoms with E-state index in [0.29, 0.717) is 50.0 Å². The van der Waals surface area contributed by atoms with Crippen LogP contribution < -0.4 is 9.47 Å². The average Bonchev–Trinajstić information content (AvgIpc) is 2.61. The Labute approximate surface area is 146 Å². The smallest absolute Gasteiger partial charge is 0.308 e. The van der Waals surface area contributed by atoms with Crippen LogP contribution in [0, 0.1) is 11.3 Å².